The Bertz CT molecular complexity index is 793. The molecule has 5 heteroatoms. The SMILES string of the molecule is CN=C(NCc1cccc(F)c1)NCc1cc2ccccc2o1. The van der Waals surface area contributed by atoms with Gasteiger partial charge in [-0.05, 0) is 29.8 Å². The summed E-state index contributed by atoms with van der Waals surface area (Å²) in [6.07, 6.45) is 0. The van der Waals surface area contributed by atoms with Crippen LogP contribution in [0.2, 0.25) is 0 Å². The molecule has 2 aromatic carbocycles. The largest absolute Gasteiger partial charge is 0.459 e. The lowest BCUT2D eigenvalue weighted by molar-refractivity contribution is 0.538. The maximum atomic E-state index is 13.2. The molecular weight excluding hydrogens is 293 g/mol. The fourth-order valence-corrected chi connectivity index (χ4v) is 2.35. The van der Waals surface area contributed by atoms with Gasteiger partial charge in [0.05, 0.1) is 6.54 Å². The van der Waals surface area contributed by atoms with Crippen LogP contribution in [0.15, 0.2) is 64.0 Å². The van der Waals surface area contributed by atoms with Crippen LogP contribution in [0, 0.1) is 5.82 Å². The Morgan fingerprint density at radius 2 is 1.87 bits per heavy atom. The highest BCUT2D eigenvalue weighted by atomic mass is 19.1. The molecule has 2 N–H and O–H groups in total. The number of rotatable bonds is 4. The molecular formula is C18H18FN3O. The third-order valence-electron chi connectivity index (χ3n) is 3.48. The number of furan rings is 1. The lowest BCUT2D eigenvalue weighted by Gasteiger charge is -2.11. The average Bonchev–Trinajstić information content (AvgIpc) is 2.98. The van der Waals surface area contributed by atoms with Gasteiger partial charge in [0.15, 0.2) is 5.96 Å². The molecule has 4 nitrogen and oxygen atoms in total. The van der Waals surface area contributed by atoms with Crippen molar-refractivity contribution in [1.82, 2.24) is 10.6 Å². The highest BCUT2D eigenvalue weighted by molar-refractivity contribution is 5.80. The molecule has 0 aliphatic heterocycles. The fraction of sp³-hybridized carbons (Fsp3) is 0.167. The Kier molecular flexibility index (Phi) is 4.57. The van der Waals surface area contributed by atoms with Crippen LogP contribution < -0.4 is 10.6 Å². The Morgan fingerprint density at radius 1 is 1.04 bits per heavy atom. The van der Waals surface area contributed by atoms with Crippen molar-refractivity contribution in [3.63, 3.8) is 0 Å². The van der Waals surface area contributed by atoms with Gasteiger partial charge in [-0.15, -0.1) is 0 Å². The van der Waals surface area contributed by atoms with Gasteiger partial charge in [-0.3, -0.25) is 4.99 Å². The number of guanidine groups is 1. The lowest BCUT2D eigenvalue weighted by atomic mass is 10.2. The first-order valence-electron chi connectivity index (χ1n) is 7.41. The first kappa shape index (κ1) is 15.1. The first-order chi connectivity index (χ1) is 11.2. The second kappa shape index (κ2) is 6.96. The van der Waals surface area contributed by atoms with Crippen molar-refractivity contribution in [3.8, 4) is 0 Å². The molecule has 118 valence electrons. The quantitative estimate of drug-likeness (QED) is 0.573. The number of fused-ring (bicyclic) bond motifs is 1. The van der Waals surface area contributed by atoms with Crippen LogP contribution in [0.1, 0.15) is 11.3 Å². The minimum absolute atomic E-state index is 0.241. The summed E-state index contributed by atoms with van der Waals surface area (Å²) in [5.74, 6) is 1.23. The maximum absolute atomic E-state index is 13.2. The van der Waals surface area contributed by atoms with Gasteiger partial charge in [0.2, 0.25) is 0 Å². The summed E-state index contributed by atoms with van der Waals surface area (Å²) in [5.41, 5.74) is 1.73. The van der Waals surface area contributed by atoms with E-state index in [9.17, 15) is 4.39 Å². The highest BCUT2D eigenvalue weighted by Gasteiger charge is 2.04. The van der Waals surface area contributed by atoms with Crippen LogP contribution in [0.4, 0.5) is 4.39 Å². The highest BCUT2D eigenvalue weighted by Crippen LogP contribution is 2.18. The summed E-state index contributed by atoms with van der Waals surface area (Å²) in [4.78, 5) is 4.15. The molecule has 0 fully saturated rings. The Labute approximate surface area is 134 Å². The predicted molar refractivity (Wildman–Crippen MR) is 89.7 cm³/mol. The third kappa shape index (κ3) is 3.88. The summed E-state index contributed by atoms with van der Waals surface area (Å²) in [7, 11) is 1.69. The number of nitrogens with zero attached hydrogens (tertiary/aromatic N) is 1. The maximum Gasteiger partial charge on any atom is 0.191 e. The van der Waals surface area contributed by atoms with E-state index in [1.54, 1.807) is 13.1 Å². The van der Waals surface area contributed by atoms with Gasteiger partial charge in [-0.2, -0.15) is 0 Å². The summed E-state index contributed by atoms with van der Waals surface area (Å²) in [6, 6.07) is 16.4. The molecule has 3 aromatic rings. The van der Waals surface area contributed by atoms with Gasteiger partial charge in [-0.25, -0.2) is 4.39 Å². The Balaban J connectivity index is 1.57. The molecule has 0 radical (unpaired) electrons. The molecule has 0 aliphatic rings. The van der Waals surface area contributed by atoms with E-state index in [0.717, 1.165) is 22.3 Å². The molecule has 3 rings (SSSR count). The molecule has 0 amide bonds. The minimum atomic E-state index is -0.241. The van der Waals surface area contributed by atoms with Crippen molar-refractivity contribution in [2.75, 3.05) is 7.05 Å². The van der Waals surface area contributed by atoms with Crippen molar-refractivity contribution < 1.29 is 8.81 Å². The standard InChI is InChI=1S/C18H18FN3O/c1-20-18(21-11-13-5-4-7-15(19)9-13)22-12-16-10-14-6-2-3-8-17(14)23-16/h2-10H,11-12H2,1H3,(H2,20,21,22). The molecule has 0 unspecified atom stereocenters. The minimum Gasteiger partial charge on any atom is -0.459 e. The predicted octanol–water partition coefficient (Wildman–Crippen LogP) is 3.44. The van der Waals surface area contributed by atoms with Crippen LogP contribution >= 0.6 is 0 Å². The van der Waals surface area contributed by atoms with Gasteiger partial charge in [-0.1, -0.05) is 30.3 Å². The lowest BCUT2D eigenvalue weighted by Crippen LogP contribution is -2.36. The normalized spacial score (nSPS) is 11.7. The summed E-state index contributed by atoms with van der Waals surface area (Å²) in [5, 5.41) is 7.41. The zero-order chi connectivity index (χ0) is 16.1. The van der Waals surface area contributed by atoms with E-state index in [1.807, 2.05) is 36.4 Å². The van der Waals surface area contributed by atoms with Gasteiger partial charge < -0.3 is 15.1 Å². The topological polar surface area (TPSA) is 49.6 Å². The third-order valence-corrected chi connectivity index (χ3v) is 3.48. The molecule has 0 spiro atoms. The molecule has 0 aliphatic carbocycles. The number of para-hydroxylation sites is 1. The number of nitrogens with one attached hydrogen (secondary N) is 2. The van der Waals surface area contributed by atoms with E-state index in [0.29, 0.717) is 19.0 Å². The number of hydrogen-bond donors (Lipinski definition) is 2. The fourth-order valence-electron chi connectivity index (χ4n) is 2.35. The monoisotopic (exact) mass is 311 g/mol. The Hall–Kier alpha value is -2.82. The number of hydrogen-bond acceptors (Lipinski definition) is 2. The molecule has 0 atom stereocenters. The number of halogens is 1. The van der Waals surface area contributed by atoms with Crippen LogP contribution in [0.5, 0.6) is 0 Å². The van der Waals surface area contributed by atoms with E-state index in [1.165, 1.54) is 12.1 Å². The van der Waals surface area contributed by atoms with Crippen molar-refractivity contribution in [1.29, 1.82) is 0 Å². The van der Waals surface area contributed by atoms with E-state index < -0.39 is 0 Å². The first-order valence-corrected chi connectivity index (χ1v) is 7.41. The number of aliphatic imine (C=N–C) groups is 1. The summed E-state index contributed by atoms with van der Waals surface area (Å²) in [6.45, 7) is 1.02. The molecule has 1 heterocycles. The van der Waals surface area contributed by atoms with Crippen molar-refractivity contribution in [2.45, 2.75) is 13.1 Å². The van der Waals surface area contributed by atoms with E-state index in [2.05, 4.69) is 15.6 Å². The Morgan fingerprint density at radius 3 is 2.65 bits per heavy atom. The van der Waals surface area contributed by atoms with Gasteiger partial charge in [0.1, 0.15) is 17.2 Å². The van der Waals surface area contributed by atoms with E-state index >= 15 is 0 Å². The van der Waals surface area contributed by atoms with Crippen LogP contribution in [0.3, 0.4) is 0 Å². The van der Waals surface area contributed by atoms with Crippen LogP contribution in [-0.4, -0.2) is 13.0 Å². The van der Waals surface area contributed by atoms with Gasteiger partial charge >= 0.3 is 0 Å². The zero-order valence-electron chi connectivity index (χ0n) is 12.8. The van der Waals surface area contributed by atoms with Gasteiger partial charge in [0.25, 0.3) is 0 Å². The smallest absolute Gasteiger partial charge is 0.191 e. The van der Waals surface area contributed by atoms with Crippen LogP contribution in [-0.2, 0) is 13.1 Å². The van der Waals surface area contributed by atoms with Gasteiger partial charge in [0, 0.05) is 19.0 Å². The second-order valence-corrected chi connectivity index (χ2v) is 5.16. The summed E-state index contributed by atoms with van der Waals surface area (Å²) < 4.78 is 18.9. The van der Waals surface area contributed by atoms with Crippen molar-refractivity contribution in [3.05, 3.63) is 71.7 Å². The zero-order valence-corrected chi connectivity index (χ0v) is 12.8. The number of benzene rings is 2. The van der Waals surface area contributed by atoms with E-state index in [-0.39, 0.29) is 5.82 Å². The second-order valence-electron chi connectivity index (χ2n) is 5.16. The van der Waals surface area contributed by atoms with Crippen molar-refractivity contribution in [2.24, 2.45) is 4.99 Å². The van der Waals surface area contributed by atoms with Crippen LogP contribution in [0.25, 0.3) is 11.0 Å². The summed E-state index contributed by atoms with van der Waals surface area (Å²) >= 11 is 0. The molecule has 1 aromatic heterocycles. The molecule has 0 bridgehead atoms. The molecule has 0 saturated carbocycles. The van der Waals surface area contributed by atoms with Crippen molar-refractivity contribution >= 4 is 16.9 Å². The van der Waals surface area contributed by atoms with E-state index in [4.69, 9.17) is 4.42 Å². The average molecular weight is 311 g/mol. The molecule has 23 heavy (non-hydrogen) atoms. The molecule has 0 saturated heterocycles.